The van der Waals surface area contributed by atoms with Gasteiger partial charge in [-0.05, 0) is 72.1 Å². The summed E-state index contributed by atoms with van der Waals surface area (Å²) in [4.78, 5) is 60.9. The third kappa shape index (κ3) is 4.80. The lowest BCUT2D eigenvalue weighted by atomic mass is 9.90. The smallest absolute Gasteiger partial charge is 0.348 e. The van der Waals surface area contributed by atoms with Gasteiger partial charge in [0.25, 0.3) is 5.91 Å². The first-order valence-electron chi connectivity index (χ1n) is 13.1. The Balaban J connectivity index is 1.65. The van der Waals surface area contributed by atoms with E-state index in [1.54, 1.807) is 50.2 Å². The molecule has 0 radical (unpaired) electrons. The van der Waals surface area contributed by atoms with Crippen LogP contribution in [0.15, 0.2) is 46.9 Å². The number of carbonyl (C=O) groups excluding carboxylic acids is 4. The Labute approximate surface area is 253 Å². The predicted molar refractivity (Wildman–Crippen MR) is 156 cm³/mol. The molecule has 2 fully saturated rings. The number of amides is 2. The number of phenols is 1. The Morgan fingerprint density at radius 3 is 2.43 bits per heavy atom. The number of fused-ring (bicyclic) bond motifs is 1. The number of esters is 2. The van der Waals surface area contributed by atoms with E-state index in [4.69, 9.17) is 19.0 Å². The molecule has 220 valence electrons. The summed E-state index contributed by atoms with van der Waals surface area (Å²) in [6.45, 7) is 5.33. The van der Waals surface area contributed by atoms with E-state index in [0.29, 0.717) is 15.7 Å². The normalized spacial score (nSPS) is 19.7. The van der Waals surface area contributed by atoms with E-state index in [1.807, 2.05) is 6.07 Å². The molecular weight excluding hydrogens is 632 g/mol. The molecule has 3 aromatic rings. The fourth-order valence-electron chi connectivity index (χ4n) is 5.17. The van der Waals surface area contributed by atoms with Crippen LogP contribution in [0.1, 0.15) is 51.0 Å². The summed E-state index contributed by atoms with van der Waals surface area (Å²) in [5.41, 5.74) is 1.29. The van der Waals surface area contributed by atoms with Crippen molar-refractivity contribution >= 4 is 61.7 Å². The molecule has 42 heavy (non-hydrogen) atoms. The minimum Gasteiger partial charge on any atom is -0.503 e. The fourth-order valence-corrected chi connectivity index (χ4v) is 6.83. The van der Waals surface area contributed by atoms with Crippen molar-refractivity contribution in [1.29, 1.82) is 0 Å². The molecule has 3 heterocycles. The van der Waals surface area contributed by atoms with Crippen molar-refractivity contribution in [2.45, 2.75) is 32.9 Å². The highest BCUT2D eigenvalue weighted by molar-refractivity contribution is 9.10. The van der Waals surface area contributed by atoms with Gasteiger partial charge in [-0.15, -0.1) is 11.3 Å². The molecule has 13 heteroatoms. The van der Waals surface area contributed by atoms with E-state index in [9.17, 15) is 24.3 Å². The summed E-state index contributed by atoms with van der Waals surface area (Å²) >= 11 is 4.17. The minimum absolute atomic E-state index is 0.0395. The van der Waals surface area contributed by atoms with Crippen LogP contribution in [0.4, 0.5) is 10.7 Å². The number of hydrogen-bond donors (Lipinski definition) is 1. The molecule has 2 aromatic carbocycles. The Bertz CT molecular complexity index is 1570. The highest BCUT2D eigenvalue weighted by Crippen LogP contribution is 2.51. The van der Waals surface area contributed by atoms with Crippen molar-refractivity contribution < 1.29 is 43.3 Å². The van der Waals surface area contributed by atoms with E-state index in [1.165, 1.54) is 19.1 Å². The van der Waals surface area contributed by atoms with Crippen molar-refractivity contribution in [3.05, 3.63) is 68.5 Å². The fraction of sp³-hybridized carbons (Fsp3) is 0.310. The second kappa shape index (κ2) is 11.7. The summed E-state index contributed by atoms with van der Waals surface area (Å²) in [5, 5.41) is 12.0. The summed E-state index contributed by atoms with van der Waals surface area (Å²) in [7, 11) is 1.17. The molecule has 3 atom stereocenters. The zero-order valence-corrected chi connectivity index (χ0v) is 25.5. The van der Waals surface area contributed by atoms with Crippen molar-refractivity contribution in [3.63, 3.8) is 0 Å². The van der Waals surface area contributed by atoms with E-state index in [0.717, 1.165) is 16.2 Å². The van der Waals surface area contributed by atoms with Gasteiger partial charge in [0, 0.05) is 0 Å². The lowest BCUT2D eigenvalue weighted by Gasteiger charge is -2.29. The van der Waals surface area contributed by atoms with E-state index >= 15 is 0 Å². The highest BCUT2D eigenvalue weighted by Gasteiger charge is 2.61. The minimum atomic E-state index is -1.25. The maximum absolute atomic E-state index is 14.2. The Morgan fingerprint density at radius 2 is 1.79 bits per heavy atom. The molecule has 0 bridgehead atoms. The average molecular weight is 660 g/mol. The summed E-state index contributed by atoms with van der Waals surface area (Å²) < 4.78 is 16.0. The SMILES string of the molecule is CCOC(=O)c1sc(N2C(=O)[C@H]3[C@H](ON(c4ccccc4)[C@@H]3c3cc(Br)c(O)c(OCC)c3)C2=O)c(C(=O)OC)c1C. The largest absolute Gasteiger partial charge is 0.503 e. The van der Waals surface area contributed by atoms with Crippen molar-refractivity contribution in [2.24, 2.45) is 5.92 Å². The van der Waals surface area contributed by atoms with E-state index < -0.39 is 41.8 Å². The second-order valence-corrected chi connectivity index (χ2v) is 11.3. The third-order valence-electron chi connectivity index (χ3n) is 7.00. The number of nitrogens with zero attached hydrogens (tertiary/aromatic N) is 2. The van der Waals surface area contributed by atoms with Gasteiger partial charge < -0.3 is 19.3 Å². The van der Waals surface area contributed by atoms with Gasteiger partial charge in [-0.25, -0.2) is 19.6 Å². The number of benzene rings is 2. The van der Waals surface area contributed by atoms with Crippen molar-refractivity contribution in [3.8, 4) is 11.5 Å². The molecule has 2 saturated heterocycles. The molecule has 0 aliphatic carbocycles. The summed E-state index contributed by atoms with van der Waals surface area (Å²) in [6, 6.07) is 11.4. The number of imide groups is 1. The third-order valence-corrected chi connectivity index (χ3v) is 8.86. The molecule has 1 aromatic heterocycles. The first-order valence-corrected chi connectivity index (χ1v) is 14.7. The molecule has 2 amide bonds. The standard InChI is InChI=1S/C29H27BrN2O9S/c1-5-39-18-13-15(12-17(30)22(18)33)21-20-23(41-32(21)16-10-8-7-9-11-16)26(35)31(25(20)34)27-19(28(36)38-4)14(3)24(42-27)29(37)40-6-2/h7-13,20-21,23,33H,5-6H2,1-4H3/t20-,21-,23+/m1/s1. The van der Waals surface area contributed by atoms with Crippen LogP contribution in [0.3, 0.4) is 0 Å². The topological polar surface area (TPSA) is 132 Å². The van der Waals surface area contributed by atoms with Crippen molar-refractivity contribution in [2.75, 3.05) is 30.3 Å². The summed E-state index contributed by atoms with van der Waals surface area (Å²) in [6.07, 6.45) is -1.25. The molecule has 2 aliphatic heterocycles. The van der Waals surface area contributed by atoms with Gasteiger partial charge in [0.1, 0.15) is 15.8 Å². The molecule has 11 nitrogen and oxygen atoms in total. The van der Waals surface area contributed by atoms with Gasteiger partial charge in [0.15, 0.2) is 17.6 Å². The van der Waals surface area contributed by atoms with Crippen LogP contribution in [0.5, 0.6) is 11.5 Å². The van der Waals surface area contributed by atoms with Crippen LogP contribution in [0.2, 0.25) is 0 Å². The van der Waals surface area contributed by atoms with Crippen LogP contribution >= 0.6 is 27.3 Å². The Kier molecular flexibility index (Phi) is 8.26. The van der Waals surface area contributed by atoms with Gasteiger partial charge in [-0.2, -0.15) is 0 Å². The number of methoxy groups -OCH3 is 1. The number of aromatic hydroxyl groups is 1. The maximum atomic E-state index is 14.2. The molecule has 0 unspecified atom stereocenters. The number of rotatable bonds is 8. The van der Waals surface area contributed by atoms with Gasteiger partial charge in [-0.3, -0.25) is 14.4 Å². The zero-order valence-electron chi connectivity index (χ0n) is 23.1. The van der Waals surface area contributed by atoms with Gasteiger partial charge >= 0.3 is 11.9 Å². The van der Waals surface area contributed by atoms with Crippen LogP contribution in [-0.2, 0) is 23.9 Å². The Morgan fingerprint density at radius 1 is 1.07 bits per heavy atom. The Hall–Kier alpha value is -3.94. The number of hydroxylamine groups is 1. The zero-order chi connectivity index (χ0) is 30.3. The first kappa shape index (κ1) is 29.5. The molecule has 0 spiro atoms. The van der Waals surface area contributed by atoms with Crippen LogP contribution in [-0.4, -0.2) is 55.3 Å². The molecule has 2 aliphatic rings. The quantitative estimate of drug-likeness (QED) is 0.262. The lowest BCUT2D eigenvalue weighted by Crippen LogP contribution is -2.37. The molecular formula is C29H27BrN2O9S. The number of phenolic OH excluding ortho intramolecular Hbond substituents is 1. The number of thiophene rings is 1. The van der Waals surface area contributed by atoms with Gasteiger partial charge in [-0.1, -0.05) is 18.2 Å². The lowest BCUT2D eigenvalue weighted by molar-refractivity contribution is -0.126. The van der Waals surface area contributed by atoms with Crippen LogP contribution in [0, 0.1) is 12.8 Å². The van der Waals surface area contributed by atoms with Crippen LogP contribution in [0.25, 0.3) is 0 Å². The van der Waals surface area contributed by atoms with Gasteiger partial charge in [0.2, 0.25) is 5.91 Å². The first-order chi connectivity index (χ1) is 20.1. The highest BCUT2D eigenvalue weighted by atomic mass is 79.9. The molecule has 0 saturated carbocycles. The molecule has 1 N–H and O–H groups in total. The summed E-state index contributed by atoms with van der Waals surface area (Å²) in [5.74, 6) is -3.79. The number of ether oxygens (including phenoxy) is 3. The average Bonchev–Trinajstić information content (AvgIpc) is 3.61. The maximum Gasteiger partial charge on any atom is 0.348 e. The van der Waals surface area contributed by atoms with Crippen molar-refractivity contribution in [1.82, 2.24) is 0 Å². The van der Waals surface area contributed by atoms with Gasteiger partial charge in [0.05, 0.1) is 42.1 Å². The number of para-hydroxylation sites is 1. The number of hydrogen-bond acceptors (Lipinski definition) is 11. The second-order valence-electron chi connectivity index (χ2n) is 9.40. The molecule has 5 rings (SSSR count). The van der Waals surface area contributed by atoms with E-state index in [-0.39, 0.29) is 45.7 Å². The predicted octanol–water partition coefficient (Wildman–Crippen LogP) is 4.94. The monoisotopic (exact) mass is 658 g/mol. The number of carbonyl (C=O) groups is 4. The number of halogens is 1. The number of anilines is 2. The van der Waals surface area contributed by atoms with Crippen LogP contribution < -0.4 is 14.7 Å². The van der Waals surface area contributed by atoms with E-state index in [2.05, 4.69) is 15.9 Å².